The summed E-state index contributed by atoms with van der Waals surface area (Å²) in [5, 5.41) is 5.99. The average Bonchev–Trinajstić information content (AvgIpc) is 3.38. The van der Waals surface area contributed by atoms with Crippen molar-refractivity contribution in [2.45, 2.75) is 57.6 Å². The normalized spacial score (nSPS) is 30.7. The van der Waals surface area contributed by atoms with E-state index in [9.17, 15) is 9.59 Å². The standard InChI is InChI=1S/C22H30N2O3/c25-21(24-20-13-16-12-19(20)18-9-4-8-17(16)18)10-5-11-23-22(26)27-14-15-6-2-1-3-7-15/h1-3,6-7,16-20H,4-5,8-14H2,(H,23,26)(H,24,25). The van der Waals surface area contributed by atoms with Crippen LogP contribution in [0.2, 0.25) is 0 Å². The molecule has 0 radical (unpaired) electrons. The average molecular weight is 370 g/mol. The van der Waals surface area contributed by atoms with Crippen molar-refractivity contribution in [1.29, 1.82) is 0 Å². The summed E-state index contributed by atoms with van der Waals surface area (Å²) in [6.07, 6.45) is 7.34. The quantitative estimate of drug-likeness (QED) is 0.720. The Kier molecular flexibility index (Phi) is 5.65. The van der Waals surface area contributed by atoms with E-state index in [-0.39, 0.29) is 12.5 Å². The molecule has 4 rings (SSSR count). The molecule has 5 heteroatoms. The third kappa shape index (κ3) is 4.28. The van der Waals surface area contributed by atoms with Crippen LogP contribution in [0.3, 0.4) is 0 Å². The molecule has 1 aromatic rings. The van der Waals surface area contributed by atoms with Crippen LogP contribution in [0.5, 0.6) is 0 Å². The summed E-state index contributed by atoms with van der Waals surface area (Å²) in [5.41, 5.74) is 0.961. The number of fused-ring (bicyclic) bond motifs is 5. The van der Waals surface area contributed by atoms with Gasteiger partial charge in [-0.2, -0.15) is 0 Å². The monoisotopic (exact) mass is 370 g/mol. The van der Waals surface area contributed by atoms with Gasteiger partial charge in [-0.05, 0) is 61.3 Å². The van der Waals surface area contributed by atoms with Crippen molar-refractivity contribution in [3.63, 3.8) is 0 Å². The summed E-state index contributed by atoms with van der Waals surface area (Å²) < 4.78 is 5.17. The van der Waals surface area contributed by atoms with Crippen LogP contribution in [-0.4, -0.2) is 24.6 Å². The molecule has 1 aromatic carbocycles. The van der Waals surface area contributed by atoms with Crippen molar-refractivity contribution in [3.05, 3.63) is 35.9 Å². The number of carbonyl (C=O) groups excluding carboxylic acids is 2. The summed E-state index contributed by atoms with van der Waals surface area (Å²) in [4.78, 5) is 24.0. The van der Waals surface area contributed by atoms with Crippen LogP contribution in [0.1, 0.15) is 50.5 Å². The van der Waals surface area contributed by atoms with Crippen LogP contribution in [-0.2, 0) is 16.1 Å². The molecule has 0 aromatic heterocycles. The van der Waals surface area contributed by atoms with Gasteiger partial charge < -0.3 is 15.4 Å². The first-order valence-electron chi connectivity index (χ1n) is 10.4. The maximum Gasteiger partial charge on any atom is 0.407 e. The van der Waals surface area contributed by atoms with Crippen molar-refractivity contribution >= 4 is 12.0 Å². The Morgan fingerprint density at radius 2 is 1.85 bits per heavy atom. The molecule has 146 valence electrons. The van der Waals surface area contributed by atoms with Crippen molar-refractivity contribution < 1.29 is 14.3 Å². The van der Waals surface area contributed by atoms with Gasteiger partial charge in [0.1, 0.15) is 6.61 Å². The molecule has 2 amide bonds. The molecule has 0 spiro atoms. The second-order valence-corrected chi connectivity index (χ2v) is 8.42. The Balaban J connectivity index is 1.09. The molecule has 3 fully saturated rings. The van der Waals surface area contributed by atoms with E-state index in [1.54, 1.807) is 0 Å². The molecule has 0 heterocycles. The number of nitrogens with one attached hydrogen (secondary N) is 2. The van der Waals surface area contributed by atoms with E-state index in [4.69, 9.17) is 4.74 Å². The molecule has 5 nitrogen and oxygen atoms in total. The molecule has 3 aliphatic rings. The predicted molar refractivity (Wildman–Crippen MR) is 103 cm³/mol. The molecule has 2 N–H and O–H groups in total. The van der Waals surface area contributed by atoms with Crippen molar-refractivity contribution in [2.24, 2.45) is 23.7 Å². The van der Waals surface area contributed by atoms with Crippen LogP contribution >= 0.6 is 0 Å². The second-order valence-electron chi connectivity index (χ2n) is 8.42. The van der Waals surface area contributed by atoms with Gasteiger partial charge in [0.2, 0.25) is 5.91 Å². The summed E-state index contributed by atoms with van der Waals surface area (Å²) in [7, 11) is 0. The number of rotatable bonds is 7. The zero-order chi connectivity index (χ0) is 18.6. The minimum Gasteiger partial charge on any atom is -0.445 e. The number of benzene rings is 1. The Morgan fingerprint density at radius 1 is 1.04 bits per heavy atom. The van der Waals surface area contributed by atoms with Crippen LogP contribution in [0, 0.1) is 23.7 Å². The lowest BCUT2D eigenvalue weighted by Crippen LogP contribution is -2.42. The van der Waals surface area contributed by atoms with Gasteiger partial charge in [-0.15, -0.1) is 0 Å². The molecule has 3 saturated carbocycles. The molecule has 27 heavy (non-hydrogen) atoms. The Labute approximate surface area is 161 Å². The first-order chi connectivity index (χ1) is 13.2. The minimum absolute atomic E-state index is 0.126. The third-order valence-electron chi connectivity index (χ3n) is 6.84. The highest BCUT2D eigenvalue weighted by Crippen LogP contribution is 2.58. The van der Waals surface area contributed by atoms with E-state index < -0.39 is 6.09 Å². The topological polar surface area (TPSA) is 67.4 Å². The number of hydrogen-bond donors (Lipinski definition) is 2. The van der Waals surface area contributed by atoms with E-state index in [0.29, 0.717) is 25.4 Å². The number of hydrogen-bond acceptors (Lipinski definition) is 3. The second kappa shape index (κ2) is 8.32. The van der Waals surface area contributed by atoms with E-state index >= 15 is 0 Å². The van der Waals surface area contributed by atoms with Gasteiger partial charge in [0.25, 0.3) is 0 Å². The van der Waals surface area contributed by atoms with Crippen molar-refractivity contribution in [1.82, 2.24) is 10.6 Å². The molecular weight excluding hydrogens is 340 g/mol. The van der Waals surface area contributed by atoms with Gasteiger partial charge >= 0.3 is 6.09 Å². The van der Waals surface area contributed by atoms with Crippen LogP contribution in [0.4, 0.5) is 4.79 Å². The maximum atomic E-state index is 12.3. The Morgan fingerprint density at radius 3 is 2.70 bits per heavy atom. The highest BCUT2D eigenvalue weighted by Gasteiger charge is 2.53. The van der Waals surface area contributed by atoms with Gasteiger partial charge in [0.15, 0.2) is 0 Å². The summed E-state index contributed by atoms with van der Waals surface area (Å²) in [6.45, 7) is 0.724. The summed E-state index contributed by atoms with van der Waals surface area (Å²) in [6, 6.07) is 9.99. The highest BCUT2D eigenvalue weighted by atomic mass is 16.5. The zero-order valence-corrected chi connectivity index (χ0v) is 15.9. The molecule has 2 bridgehead atoms. The van der Waals surface area contributed by atoms with Gasteiger partial charge in [0, 0.05) is 19.0 Å². The summed E-state index contributed by atoms with van der Waals surface area (Å²) in [5.74, 6) is 3.53. The van der Waals surface area contributed by atoms with Crippen LogP contribution < -0.4 is 10.6 Å². The molecule has 5 unspecified atom stereocenters. The van der Waals surface area contributed by atoms with Gasteiger partial charge in [-0.1, -0.05) is 36.8 Å². The Hall–Kier alpha value is -2.04. The summed E-state index contributed by atoms with van der Waals surface area (Å²) >= 11 is 0. The van der Waals surface area contributed by atoms with Crippen molar-refractivity contribution in [2.75, 3.05) is 6.54 Å². The fourth-order valence-electron chi connectivity index (χ4n) is 5.73. The first-order valence-corrected chi connectivity index (χ1v) is 10.4. The fraction of sp³-hybridized carbons (Fsp3) is 0.636. The molecule has 0 saturated heterocycles. The van der Waals surface area contributed by atoms with E-state index in [1.807, 2.05) is 30.3 Å². The predicted octanol–water partition coefficient (Wildman–Crippen LogP) is 3.63. The first kappa shape index (κ1) is 18.3. The van der Waals surface area contributed by atoms with Gasteiger partial charge in [-0.3, -0.25) is 4.79 Å². The maximum absolute atomic E-state index is 12.3. The SMILES string of the molecule is O=C(CCCNC(=O)OCc1ccccc1)NC1CC2CC1C1CCCC21. The lowest BCUT2D eigenvalue weighted by atomic mass is 9.79. The van der Waals surface area contributed by atoms with Crippen molar-refractivity contribution in [3.8, 4) is 0 Å². The smallest absolute Gasteiger partial charge is 0.407 e. The Bertz CT molecular complexity index is 663. The number of alkyl carbamates (subject to hydrolysis) is 1. The largest absolute Gasteiger partial charge is 0.445 e. The highest BCUT2D eigenvalue weighted by molar-refractivity contribution is 5.76. The lowest BCUT2D eigenvalue weighted by Gasteiger charge is -2.32. The molecule has 3 aliphatic carbocycles. The number of amides is 2. The lowest BCUT2D eigenvalue weighted by molar-refractivity contribution is -0.122. The fourth-order valence-corrected chi connectivity index (χ4v) is 5.73. The molecule has 5 atom stereocenters. The van der Waals surface area contributed by atoms with E-state index in [1.165, 1.54) is 32.1 Å². The van der Waals surface area contributed by atoms with Gasteiger partial charge in [-0.25, -0.2) is 4.79 Å². The third-order valence-corrected chi connectivity index (χ3v) is 6.84. The number of carbonyl (C=O) groups is 2. The number of ether oxygens (including phenoxy) is 1. The van der Waals surface area contributed by atoms with E-state index in [0.717, 1.165) is 29.2 Å². The van der Waals surface area contributed by atoms with Gasteiger partial charge in [0.05, 0.1) is 0 Å². The minimum atomic E-state index is -0.431. The van der Waals surface area contributed by atoms with E-state index in [2.05, 4.69) is 10.6 Å². The van der Waals surface area contributed by atoms with Crippen LogP contribution in [0.25, 0.3) is 0 Å². The zero-order valence-electron chi connectivity index (χ0n) is 15.9. The van der Waals surface area contributed by atoms with Crippen LogP contribution in [0.15, 0.2) is 30.3 Å². The molecular formula is C22H30N2O3. The molecule has 0 aliphatic heterocycles.